The highest BCUT2D eigenvalue weighted by molar-refractivity contribution is 6.47. The molecule has 0 amide bonds. The zero-order valence-electron chi connectivity index (χ0n) is 7.89. The van der Waals surface area contributed by atoms with Gasteiger partial charge in [0, 0.05) is 5.41 Å². The molecule has 2 rings (SSSR count). The molecule has 0 aromatic carbocycles. The van der Waals surface area contributed by atoms with Crippen LogP contribution in [0.2, 0.25) is 0 Å². The number of hydrogen-bond acceptors (Lipinski definition) is 5. The minimum Gasteiger partial charge on any atom is -0.239 e. The Hall–Kier alpha value is -1.39. The summed E-state index contributed by atoms with van der Waals surface area (Å²) in [5, 5.41) is 11.4. The van der Waals surface area contributed by atoms with E-state index in [1.165, 1.54) is 6.34 Å². The zero-order chi connectivity index (χ0) is 9.47. The van der Waals surface area contributed by atoms with Gasteiger partial charge < -0.3 is 0 Å². The summed E-state index contributed by atoms with van der Waals surface area (Å²) < 4.78 is 0. The van der Waals surface area contributed by atoms with Crippen molar-refractivity contribution in [1.82, 2.24) is 0 Å². The summed E-state index contributed by atoms with van der Waals surface area (Å²) in [5.74, 6) is 0. The van der Waals surface area contributed by atoms with Gasteiger partial charge in [-0.2, -0.15) is 0 Å². The van der Waals surface area contributed by atoms with E-state index in [0.29, 0.717) is 0 Å². The van der Waals surface area contributed by atoms with Crippen LogP contribution in [0.3, 0.4) is 0 Å². The Morgan fingerprint density at radius 2 is 2.08 bits per heavy atom. The number of aliphatic imine (C=N–C) groups is 2. The third kappa shape index (κ3) is 1.30. The molecule has 1 atom stereocenters. The molecule has 0 saturated heterocycles. The Balaban J connectivity index is 2.40. The van der Waals surface area contributed by atoms with Crippen LogP contribution in [-0.2, 0) is 0 Å². The molecule has 2 aliphatic heterocycles. The van der Waals surface area contributed by atoms with Crippen LogP contribution in [0.25, 0.3) is 0 Å². The molecule has 0 aliphatic carbocycles. The molecule has 5 nitrogen and oxygen atoms in total. The number of rotatable bonds is 0. The molecule has 2 heterocycles. The van der Waals surface area contributed by atoms with Crippen LogP contribution >= 0.6 is 0 Å². The van der Waals surface area contributed by atoms with E-state index in [1.807, 2.05) is 0 Å². The highest BCUT2D eigenvalue weighted by atomic mass is 15.4. The van der Waals surface area contributed by atoms with Gasteiger partial charge in [0.2, 0.25) is 6.17 Å². The predicted octanol–water partition coefficient (Wildman–Crippen LogP) is 1.66. The summed E-state index contributed by atoms with van der Waals surface area (Å²) in [7, 11) is 0. The summed E-state index contributed by atoms with van der Waals surface area (Å²) in [6.07, 6.45) is 1.29. The number of nitrogens with zero attached hydrogens (tertiary/aromatic N) is 5. The van der Waals surface area contributed by atoms with E-state index in [2.05, 4.69) is 46.2 Å². The fourth-order valence-electron chi connectivity index (χ4n) is 1.30. The minimum absolute atomic E-state index is 0.0289. The van der Waals surface area contributed by atoms with Crippen molar-refractivity contribution in [2.24, 2.45) is 30.8 Å². The van der Waals surface area contributed by atoms with Gasteiger partial charge in [-0.15, -0.1) is 10.2 Å². The molecule has 2 aliphatic rings. The lowest BCUT2D eigenvalue weighted by Crippen LogP contribution is -2.36. The van der Waals surface area contributed by atoms with Gasteiger partial charge in [-0.1, -0.05) is 20.8 Å². The van der Waals surface area contributed by atoms with Gasteiger partial charge in [-0.3, -0.25) is 0 Å². The van der Waals surface area contributed by atoms with Gasteiger partial charge in [0.05, 0.1) is 5.71 Å². The molecular formula is C8H11N5. The Morgan fingerprint density at radius 1 is 1.31 bits per heavy atom. The van der Waals surface area contributed by atoms with Crippen molar-refractivity contribution in [2.45, 2.75) is 26.9 Å². The maximum Gasteiger partial charge on any atom is 0.209 e. The SMILES string of the molecule is CC(C)(C)C1=NC=NC2N=NN=C12. The van der Waals surface area contributed by atoms with Crippen molar-refractivity contribution in [3.63, 3.8) is 0 Å². The van der Waals surface area contributed by atoms with Crippen molar-refractivity contribution >= 4 is 17.8 Å². The van der Waals surface area contributed by atoms with E-state index >= 15 is 0 Å². The molecule has 0 radical (unpaired) electrons. The number of fused-ring (bicyclic) bond motifs is 1. The van der Waals surface area contributed by atoms with Crippen LogP contribution in [-0.4, -0.2) is 23.9 Å². The molecule has 0 aromatic rings. The molecule has 0 N–H and O–H groups in total. The monoisotopic (exact) mass is 177 g/mol. The van der Waals surface area contributed by atoms with Crippen molar-refractivity contribution in [1.29, 1.82) is 0 Å². The summed E-state index contributed by atoms with van der Waals surface area (Å²) in [6, 6.07) is 0. The van der Waals surface area contributed by atoms with Crippen molar-refractivity contribution < 1.29 is 0 Å². The predicted molar refractivity (Wildman–Crippen MR) is 51.5 cm³/mol. The molecule has 0 saturated carbocycles. The molecule has 0 aromatic heterocycles. The van der Waals surface area contributed by atoms with Crippen LogP contribution in [0.4, 0.5) is 0 Å². The maximum absolute atomic E-state index is 4.22. The van der Waals surface area contributed by atoms with Crippen LogP contribution in [0, 0.1) is 5.41 Å². The second-order valence-electron chi connectivity index (χ2n) is 4.06. The summed E-state index contributed by atoms with van der Waals surface area (Å²) >= 11 is 0. The molecule has 0 fully saturated rings. The molecule has 0 bridgehead atoms. The first kappa shape index (κ1) is 8.22. The second kappa shape index (κ2) is 2.55. The molecular weight excluding hydrogens is 166 g/mol. The topological polar surface area (TPSA) is 61.8 Å². The normalized spacial score (nSPS) is 25.6. The lowest BCUT2D eigenvalue weighted by Gasteiger charge is -2.23. The summed E-state index contributed by atoms with van der Waals surface area (Å²) in [5.41, 5.74) is 1.69. The standard InChI is InChI=1S/C8H11N5/c1-8(2,3)6-5-7(10-4-9-6)12-13-11-5/h4,7H,1-3H3. The fourth-order valence-corrected chi connectivity index (χ4v) is 1.30. The second-order valence-corrected chi connectivity index (χ2v) is 4.06. The van der Waals surface area contributed by atoms with Crippen LogP contribution in [0.1, 0.15) is 20.8 Å². The highest BCUT2D eigenvalue weighted by Crippen LogP contribution is 2.23. The Bertz CT molecular complexity index is 342. The van der Waals surface area contributed by atoms with E-state index in [0.717, 1.165) is 11.4 Å². The minimum atomic E-state index is -0.244. The summed E-state index contributed by atoms with van der Waals surface area (Å²) in [6.45, 7) is 6.26. The zero-order valence-corrected chi connectivity index (χ0v) is 7.89. The van der Waals surface area contributed by atoms with Crippen LogP contribution in [0.15, 0.2) is 25.4 Å². The lowest BCUT2D eigenvalue weighted by atomic mass is 9.86. The molecule has 0 spiro atoms. The third-order valence-corrected chi connectivity index (χ3v) is 1.91. The van der Waals surface area contributed by atoms with Gasteiger partial charge in [-0.05, 0) is 5.22 Å². The third-order valence-electron chi connectivity index (χ3n) is 1.91. The van der Waals surface area contributed by atoms with Crippen molar-refractivity contribution in [3.8, 4) is 0 Å². The van der Waals surface area contributed by atoms with E-state index in [4.69, 9.17) is 0 Å². The van der Waals surface area contributed by atoms with Gasteiger partial charge in [0.15, 0.2) is 0 Å². The Labute approximate surface area is 76.4 Å². The first-order valence-electron chi connectivity index (χ1n) is 4.17. The molecule has 13 heavy (non-hydrogen) atoms. The molecule has 1 unspecified atom stereocenters. The molecule has 68 valence electrons. The first-order valence-corrected chi connectivity index (χ1v) is 4.17. The van der Waals surface area contributed by atoms with Gasteiger partial charge in [0.25, 0.3) is 0 Å². The van der Waals surface area contributed by atoms with Gasteiger partial charge >= 0.3 is 0 Å². The fraction of sp³-hybridized carbons (Fsp3) is 0.625. The largest absolute Gasteiger partial charge is 0.239 e. The van der Waals surface area contributed by atoms with E-state index in [9.17, 15) is 0 Å². The van der Waals surface area contributed by atoms with E-state index < -0.39 is 0 Å². The highest BCUT2D eigenvalue weighted by Gasteiger charge is 2.33. The summed E-state index contributed by atoms with van der Waals surface area (Å²) in [4.78, 5) is 8.27. The Morgan fingerprint density at radius 3 is 2.77 bits per heavy atom. The van der Waals surface area contributed by atoms with E-state index in [1.54, 1.807) is 0 Å². The average molecular weight is 177 g/mol. The van der Waals surface area contributed by atoms with Crippen LogP contribution in [0.5, 0.6) is 0 Å². The van der Waals surface area contributed by atoms with Crippen LogP contribution < -0.4 is 0 Å². The van der Waals surface area contributed by atoms with Gasteiger partial charge in [-0.25, -0.2) is 9.98 Å². The van der Waals surface area contributed by atoms with Gasteiger partial charge in [0.1, 0.15) is 12.1 Å². The first-order chi connectivity index (χ1) is 6.09. The smallest absolute Gasteiger partial charge is 0.209 e. The number of hydrogen-bond donors (Lipinski definition) is 0. The maximum atomic E-state index is 4.22. The van der Waals surface area contributed by atoms with Crippen molar-refractivity contribution in [3.05, 3.63) is 0 Å². The van der Waals surface area contributed by atoms with Crippen molar-refractivity contribution in [2.75, 3.05) is 0 Å². The average Bonchev–Trinajstić information content (AvgIpc) is 2.48. The van der Waals surface area contributed by atoms with E-state index in [-0.39, 0.29) is 11.6 Å². The molecule has 5 heteroatoms. The Kier molecular flexibility index (Phi) is 1.61. The lowest BCUT2D eigenvalue weighted by molar-refractivity contribution is 0.596. The quantitative estimate of drug-likeness (QED) is 0.540.